The highest BCUT2D eigenvalue weighted by Crippen LogP contribution is 2.12. The molecule has 2 aromatic rings. The van der Waals surface area contributed by atoms with E-state index in [-0.39, 0.29) is 11.0 Å². The van der Waals surface area contributed by atoms with Gasteiger partial charge in [-0.2, -0.15) is 0 Å². The molecule has 2 rings (SSSR count). The van der Waals surface area contributed by atoms with Crippen LogP contribution < -0.4 is 20.9 Å². The molecule has 0 aromatic heterocycles. The van der Waals surface area contributed by atoms with Crippen LogP contribution in [-0.4, -0.2) is 37.3 Å². The van der Waals surface area contributed by atoms with Crippen molar-refractivity contribution in [2.45, 2.75) is 6.92 Å². The van der Waals surface area contributed by atoms with Crippen LogP contribution >= 0.6 is 12.2 Å². The molecule has 0 aliphatic rings. The molecule has 0 bridgehead atoms. The van der Waals surface area contributed by atoms with Crippen molar-refractivity contribution < 1.29 is 19.1 Å². The smallest absolute Gasteiger partial charge is 0.269 e. The predicted molar refractivity (Wildman–Crippen MR) is 106 cm³/mol. The molecular formula is C19H21N3O4S. The van der Waals surface area contributed by atoms with Crippen molar-refractivity contribution in [2.75, 3.05) is 20.3 Å². The number of rotatable bonds is 6. The molecule has 0 aliphatic heterocycles. The lowest BCUT2D eigenvalue weighted by atomic mass is 10.1. The molecule has 3 N–H and O–H groups in total. The van der Waals surface area contributed by atoms with E-state index in [2.05, 4.69) is 16.2 Å². The molecular weight excluding hydrogens is 366 g/mol. The van der Waals surface area contributed by atoms with Crippen LogP contribution in [0.4, 0.5) is 0 Å². The van der Waals surface area contributed by atoms with Crippen LogP contribution in [0.5, 0.6) is 5.75 Å². The van der Waals surface area contributed by atoms with E-state index in [4.69, 9.17) is 21.7 Å². The molecule has 7 nitrogen and oxygen atoms in total. The van der Waals surface area contributed by atoms with Gasteiger partial charge in [0.2, 0.25) is 0 Å². The number of carbonyl (C=O) groups excluding carboxylic acids is 2. The monoisotopic (exact) mass is 387 g/mol. The number of methoxy groups -OCH3 is 1. The fraction of sp³-hybridized carbons (Fsp3) is 0.211. The average molecular weight is 387 g/mol. The minimum Gasteiger partial charge on any atom is -0.491 e. The molecule has 0 aliphatic carbocycles. The number of hydrogen-bond acceptors (Lipinski definition) is 5. The first-order chi connectivity index (χ1) is 13.0. The SMILES string of the molecule is COCCOc1ccc(C(=O)NC(=S)NNC(=O)c2cccc(C)c2)cc1. The standard InChI is InChI=1S/C19H21N3O4S/c1-13-4-3-5-15(12-13)18(24)21-22-19(27)20-17(23)14-6-8-16(9-7-14)26-11-10-25-2/h3-9,12H,10-11H2,1-2H3,(H,21,24)(H2,20,22,23,27). The summed E-state index contributed by atoms with van der Waals surface area (Å²) in [6.45, 7) is 2.80. The second-order valence-corrected chi connectivity index (χ2v) is 6.01. The summed E-state index contributed by atoms with van der Waals surface area (Å²) in [6.07, 6.45) is 0. The number of amides is 2. The van der Waals surface area contributed by atoms with Crippen LogP contribution in [0.1, 0.15) is 26.3 Å². The third kappa shape index (κ3) is 6.69. The van der Waals surface area contributed by atoms with E-state index >= 15 is 0 Å². The van der Waals surface area contributed by atoms with Gasteiger partial charge >= 0.3 is 0 Å². The van der Waals surface area contributed by atoms with Crippen molar-refractivity contribution in [1.82, 2.24) is 16.2 Å². The molecule has 27 heavy (non-hydrogen) atoms. The highest BCUT2D eigenvalue weighted by atomic mass is 32.1. The van der Waals surface area contributed by atoms with E-state index in [1.54, 1.807) is 49.6 Å². The van der Waals surface area contributed by atoms with Gasteiger partial charge in [0, 0.05) is 18.2 Å². The van der Waals surface area contributed by atoms with Gasteiger partial charge in [-0.25, -0.2) is 0 Å². The Balaban J connectivity index is 1.81. The molecule has 0 atom stereocenters. The Labute approximate surface area is 163 Å². The summed E-state index contributed by atoms with van der Waals surface area (Å²) < 4.78 is 10.3. The lowest BCUT2D eigenvalue weighted by Crippen LogP contribution is -2.48. The highest BCUT2D eigenvalue weighted by Gasteiger charge is 2.10. The topological polar surface area (TPSA) is 88.7 Å². The maximum Gasteiger partial charge on any atom is 0.269 e. The maximum atomic E-state index is 12.2. The Morgan fingerprint density at radius 3 is 2.37 bits per heavy atom. The first-order valence-corrected chi connectivity index (χ1v) is 8.60. The van der Waals surface area contributed by atoms with E-state index in [1.165, 1.54) is 0 Å². The number of hydrazine groups is 1. The zero-order chi connectivity index (χ0) is 19.6. The third-order valence-corrected chi connectivity index (χ3v) is 3.67. The fourth-order valence-electron chi connectivity index (χ4n) is 2.12. The van der Waals surface area contributed by atoms with Gasteiger partial charge in [0.25, 0.3) is 11.8 Å². The highest BCUT2D eigenvalue weighted by molar-refractivity contribution is 7.80. The molecule has 8 heteroatoms. The number of benzene rings is 2. The fourth-order valence-corrected chi connectivity index (χ4v) is 2.27. The molecule has 2 aromatic carbocycles. The lowest BCUT2D eigenvalue weighted by molar-refractivity contribution is 0.0934. The van der Waals surface area contributed by atoms with Gasteiger partial charge in [-0.15, -0.1) is 0 Å². The van der Waals surface area contributed by atoms with Crippen LogP contribution in [0.25, 0.3) is 0 Å². The molecule has 0 heterocycles. The van der Waals surface area contributed by atoms with Crippen LogP contribution in [0.3, 0.4) is 0 Å². The number of thiocarbonyl (C=S) groups is 1. The van der Waals surface area contributed by atoms with Gasteiger partial charge in [0.15, 0.2) is 5.11 Å². The molecule has 0 saturated heterocycles. The van der Waals surface area contributed by atoms with Gasteiger partial charge < -0.3 is 9.47 Å². The van der Waals surface area contributed by atoms with Crippen molar-refractivity contribution in [3.05, 3.63) is 65.2 Å². The first-order valence-electron chi connectivity index (χ1n) is 8.19. The van der Waals surface area contributed by atoms with E-state index in [0.29, 0.717) is 30.1 Å². The van der Waals surface area contributed by atoms with Crippen LogP contribution in [0.2, 0.25) is 0 Å². The van der Waals surface area contributed by atoms with Crippen molar-refractivity contribution in [3.63, 3.8) is 0 Å². The van der Waals surface area contributed by atoms with E-state index in [9.17, 15) is 9.59 Å². The van der Waals surface area contributed by atoms with E-state index in [0.717, 1.165) is 5.56 Å². The van der Waals surface area contributed by atoms with Crippen LogP contribution in [0.15, 0.2) is 48.5 Å². The number of hydrogen-bond donors (Lipinski definition) is 3. The third-order valence-electron chi connectivity index (χ3n) is 3.47. The summed E-state index contributed by atoms with van der Waals surface area (Å²) in [5, 5.41) is 2.48. The number of carbonyl (C=O) groups is 2. The minimum absolute atomic E-state index is 0.0126. The summed E-state index contributed by atoms with van der Waals surface area (Å²) in [7, 11) is 1.59. The average Bonchev–Trinajstić information content (AvgIpc) is 2.67. The Hall–Kier alpha value is -2.97. The lowest BCUT2D eigenvalue weighted by Gasteiger charge is -2.11. The second-order valence-electron chi connectivity index (χ2n) is 5.60. The van der Waals surface area contributed by atoms with Crippen LogP contribution in [-0.2, 0) is 4.74 Å². The molecule has 0 saturated carbocycles. The predicted octanol–water partition coefficient (Wildman–Crippen LogP) is 1.97. The summed E-state index contributed by atoms with van der Waals surface area (Å²) in [6, 6.07) is 13.7. The van der Waals surface area contributed by atoms with Gasteiger partial charge in [-0.05, 0) is 55.5 Å². The van der Waals surface area contributed by atoms with E-state index in [1.807, 2.05) is 13.0 Å². The van der Waals surface area contributed by atoms with Crippen molar-refractivity contribution >= 4 is 29.1 Å². The Kier molecular flexibility index (Phi) is 7.72. The van der Waals surface area contributed by atoms with Crippen LogP contribution in [0, 0.1) is 6.92 Å². The largest absolute Gasteiger partial charge is 0.491 e. The Bertz CT molecular complexity index is 809. The number of nitrogens with one attached hydrogen (secondary N) is 3. The first kappa shape index (κ1) is 20.3. The summed E-state index contributed by atoms with van der Waals surface area (Å²) in [5.74, 6) is -0.122. The van der Waals surface area contributed by atoms with Gasteiger partial charge in [-0.3, -0.25) is 25.8 Å². The summed E-state index contributed by atoms with van der Waals surface area (Å²) in [5.41, 5.74) is 6.81. The van der Waals surface area contributed by atoms with E-state index < -0.39 is 5.91 Å². The Morgan fingerprint density at radius 2 is 1.70 bits per heavy atom. The second kappa shape index (κ2) is 10.2. The van der Waals surface area contributed by atoms with Crippen molar-refractivity contribution in [1.29, 1.82) is 0 Å². The minimum atomic E-state index is -0.402. The Morgan fingerprint density at radius 1 is 0.963 bits per heavy atom. The molecule has 0 fully saturated rings. The normalized spacial score (nSPS) is 10.0. The quantitative estimate of drug-likeness (QED) is 0.399. The summed E-state index contributed by atoms with van der Waals surface area (Å²) >= 11 is 5.02. The molecule has 2 amide bonds. The number of aryl methyl sites for hydroxylation is 1. The zero-order valence-corrected chi connectivity index (χ0v) is 15.9. The zero-order valence-electron chi connectivity index (χ0n) is 15.1. The van der Waals surface area contributed by atoms with Gasteiger partial charge in [0.1, 0.15) is 12.4 Å². The molecule has 142 valence electrons. The maximum absolute atomic E-state index is 12.2. The van der Waals surface area contributed by atoms with Crippen molar-refractivity contribution in [3.8, 4) is 5.75 Å². The van der Waals surface area contributed by atoms with Crippen molar-refractivity contribution in [2.24, 2.45) is 0 Å². The molecule has 0 unspecified atom stereocenters. The number of ether oxygens (including phenoxy) is 2. The summed E-state index contributed by atoms with van der Waals surface area (Å²) in [4.78, 5) is 24.2. The molecule has 0 radical (unpaired) electrons. The molecule has 0 spiro atoms. The van der Waals surface area contributed by atoms with Gasteiger partial charge in [0.05, 0.1) is 6.61 Å². The van der Waals surface area contributed by atoms with Gasteiger partial charge in [-0.1, -0.05) is 17.7 Å².